The van der Waals surface area contributed by atoms with Crippen molar-refractivity contribution in [2.45, 2.75) is 19.8 Å². The Kier molecular flexibility index (Phi) is 3.28. The number of ether oxygens (including phenoxy) is 1. The van der Waals surface area contributed by atoms with Crippen molar-refractivity contribution in [3.05, 3.63) is 23.8 Å². The van der Waals surface area contributed by atoms with Crippen LogP contribution in [0.4, 0.5) is 5.82 Å². The minimum absolute atomic E-state index is 0.451. The van der Waals surface area contributed by atoms with Crippen molar-refractivity contribution < 1.29 is 4.74 Å². The summed E-state index contributed by atoms with van der Waals surface area (Å²) in [5.74, 6) is 1.68. The maximum atomic E-state index is 5.80. The number of aromatic nitrogens is 2. The molecule has 0 aliphatic heterocycles. The number of rotatable bonds is 3. The van der Waals surface area contributed by atoms with Crippen LogP contribution in [0, 0.1) is 0 Å². The molecular formula is C12H15N3OS. The summed E-state index contributed by atoms with van der Waals surface area (Å²) in [4.78, 5) is 0. The predicted molar refractivity (Wildman–Crippen MR) is 70.4 cm³/mol. The van der Waals surface area contributed by atoms with Crippen LogP contribution in [0.3, 0.4) is 0 Å². The van der Waals surface area contributed by atoms with Gasteiger partial charge in [-0.3, -0.25) is 0 Å². The van der Waals surface area contributed by atoms with Gasteiger partial charge in [-0.25, -0.2) is 0 Å². The van der Waals surface area contributed by atoms with Gasteiger partial charge in [0.05, 0.1) is 18.8 Å². The molecule has 4 nitrogen and oxygen atoms in total. The summed E-state index contributed by atoms with van der Waals surface area (Å²) in [7, 11) is 1.64. The first-order valence-electron chi connectivity index (χ1n) is 5.39. The number of nitrogens with zero attached hydrogens (tertiary/aromatic N) is 2. The van der Waals surface area contributed by atoms with E-state index >= 15 is 0 Å². The van der Waals surface area contributed by atoms with Gasteiger partial charge < -0.3 is 10.5 Å². The van der Waals surface area contributed by atoms with Crippen molar-refractivity contribution in [3.8, 4) is 17.0 Å². The van der Waals surface area contributed by atoms with E-state index in [0.29, 0.717) is 17.4 Å². The summed E-state index contributed by atoms with van der Waals surface area (Å²) in [6.07, 6.45) is 0. The minimum Gasteiger partial charge on any atom is -0.496 e. The fraction of sp³-hybridized carbons (Fsp3) is 0.333. The molecule has 0 aliphatic rings. The Balaban J connectivity index is 2.57. The van der Waals surface area contributed by atoms with Gasteiger partial charge >= 0.3 is 0 Å². The Morgan fingerprint density at radius 3 is 2.59 bits per heavy atom. The molecule has 0 spiro atoms. The maximum Gasteiger partial charge on any atom is 0.165 e. The van der Waals surface area contributed by atoms with E-state index in [1.807, 2.05) is 6.07 Å². The Bertz CT molecular complexity index is 522. The molecular weight excluding hydrogens is 234 g/mol. The lowest BCUT2D eigenvalue weighted by Crippen LogP contribution is -1.95. The molecule has 0 unspecified atom stereocenters. The number of nitrogen functional groups attached to an aromatic ring is 1. The molecule has 90 valence electrons. The topological polar surface area (TPSA) is 61.0 Å². The summed E-state index contributed by atoms with van der Waals surface area (Å²) in [6.45, 7) is 4.29. The van der Waals surface area contributed by atoms with E-state index in [9.17, 15) is 0 Å². The van der Waals surface area contributed by atoms with E-state index in [1.165, 1.54) is 5.56 Å². The highest BCUT2D eigenvalue weighted by Crippen LogP contribution is 2.34. The molecule has 2 N–H and O–H groups in total. The number of anilines is 1. The lowest BCUT2D eigenvalue weighted by Gasteiger charge is -2.11. The third kappa shape index (κ3) is 2.24. The highest BCUT2D eigenvalue weighted by Gasteiger charge is 2.14. The van der Waals surface area contributed by atoms with Gasteiger partial charge in [0.15, 0.2) is 5.82 Å². The van der Waals surface area contributed by atoms with Crippen LogP contribution in [-0.2, 0) is 0 Å². The zero-order valence-electron chi connectivity index (χ0n) is 10.1. The van der Waals surface area contributed by atoms with Crippen molar-refractivity contribution in [2.24, 2.45) is 0 Å². The second-order valence-electron chi connectivity index (χ2n) is 4.11. The zero-order chi connectivity index (χ0) is 12.4. The van der Waals surface area contributed by atoms with Crippen LogP contribution in [0.15, 0.2) is 18.2 Å². The van der Waals surface area contributed by atoms with Gasteiger partial charge in [-0.2, -0.15) is 8.75 Å². The van der Waals surface area contributed by atoms with Crippen molar-refractivity contribution in [3.63, 3.8) is 0 Å². The van der Waals surface area contributed by atoms with Crippen molar-refractivity contribution in [1.29, 1.82) is 0 Å². The van der Waals surface area contributed by atoms with Crippen LogP contribution in [-0.4, -0.2) is 15.9 Å². The lowest BCUT2D eigenvalue weighted by molar-refractivity contribution is 0.416. The van der Waals surface area contributed by atoms with E-state index < -0.39 is 0 Å². The predicted octanol–water partition coefficient (Wildman–Crippen LogP) is 2.92. The largest absolute Gasteiger partial charge is 0.496 e. The van der Waals surface area contributed by atoms with Gasteiger partial charge in [-0.15, -0.1) is 0 Å². The van der Waals surface area contributed by atoms with Crippen LogP contribution < -0.4 is 10.5 Å². The highest BCUT2D eigenvalue weighted by atomic mass is 32.1. The molecule has 0 atom stereocenters. The molecule has 1 aromatic heterocycles. The van der Waals surface area contributed by atoms with Crippen LogP contribution >= 0.6 is 11.7 Å². The average molecular weight is 249 g/mol. The summed E-state index contributed by atoms with van der Waals surface area (Å²) in [5.41, 5.74) is 8.64. The summed E-state index contributed by atoms with van der Waals surface area (Å²) < 4.78 is 13.6. The first-order chi connectivity index (χ1) is 8.13. The second kappa shape index (κ2) is 4.71. The van der Waals surface area contributed by atoms with Gasteiger partial charge in [0.1, 0.15) is 11.4 Å². The van der Waals surface area contributed by atoms with E-state index in [1.54, 1.807) is 7.11 Å². The van der Waals surface area contributed by atoms with Gasteiger partial charge in [-0.1, -0.05) is 19.9 Å². The zero-order valence-corrected chi connectivity index (χ0v) is 10.9. The standard InChI is InChI=1S/C12H15N3OS/c1-7(2)8-4-5-10(16-3)9(6-8)11-12(13)15-17-14-11/h4-7H,1-3H3,(H2,13,15). The SMILES string of the molecule is COc1ccc(C(C)C)cc1-c1nsnc1N. The van der Waals surface area contributed by atoms with Crippen molar-refractivity contribution in [2.75, 3.05) is 12.8 Å². The molecule has 1 heterocycles. The van der Waals surface area contributed by atoms with Gasteiger partial charge in [-0.05, 0) is 23.6 Å². The average Bonchev–Trinajstić information content (AvgIpc) is 2.74. The number of benzene rings is 1. The Hall–Kier alpha value is -1.62. The van der Waals surface area contributed by atoms with E-state index in [4.69, 9.17) is 10.5 Å². The molecule has 1 aromatic carbocycles. The minimum atomic E-state index is 0.451. The first kappa shape index (κ1) is 11.9. The van der Waals surface area contributed by atoms with E-state index in [-0.39, 0.29) is 0 Å². The number of nitrogens with two attached hydrogens (primary N) is 1. The maximum absolute atomic E-state index is 5.80. The van der Waals surface area contributed by atoms with E-state index in [0.717, 1.165) is 23.0 Å². The Morgan fingerprint density at radius 2 is 2.06 bits per heavy atom. The number of methoxy groups -OCH3 is 1. The number of hydrogen-bond acceptors (Lipinski definition) is 5. The fourth-order valence-corrected chi connectivity index (χ4v) is 2.14. The molecule has 0 bridgehead atoms. The fourth-order valence-electron chi connectivity index (χ4n) is 1.65. The molecule has 0 aliphatic carbocycles. The van der Waals surface area contributed by atoms with Gasteiger partial charge in [0.2, 0.25) is 0 Å². The summed E-state index contributed by atoms with van der Waals surface area (Å²) in [6, 6.07) is 6.07. The van der Waals surface area contributed by atoms with Crippen LogP contribution in [0.5, 0.6) is 5.75 Å². The molecule has 0 amide bonds. The van der Waals surface area contributed by atoms with Gasteiger partial charge in [0.25, 0.3) is 0 Å². The van der Waals surface area contributed by atoms with Crippen LogP contribution in [0.25, 0.3) is 11.3 Å². The third-order valence-electron chi connectivity index (χ3n) is 2.66. The molecule has 0 radical (unpaired) electrons. The molecule has 0 fully saturated rings. The highest BCUT2D eigenvalue weighted by molar-refractivity contribution is 6.99. The molecule has 17 heavy (non-hydrogen) atoms. The monoisotopic (exact) mass is 249 g/mol. The first-order valence-corrected chi connectivity index (χ1v) is 6.13. The molecule has 5 heteroatoms. The van der Waals surface area contributed by atoms with Crippen molar-refractivity contribution >= 4 is 17.5 Å². The molecule has 0 saturated heterocycles. The quantitative estimate of drug-likeness (QED) is 0.908. The summed E-state index contributed by atoms with van der Waals surface area (Å²) in [5, 5.41) is 0. The Labute approximate surface area is 105 Å². The molecule has 2 aromatic rings. The number of hydrogen-bond donors (Lipinski definition) is 1. The molecule has 2 rings (SSSR count). The van der Waals surface area contributed by atoms with Crippen molar-refractivity contribution in [1.82, 2.24) is 8.75 Å². The van der Waals surface area contributed by atoms with Crippen LogP contribution in [0.2, 0.25) is 0 Å². The molecule has 0 saturated carbocycles. The second-order valence-corrected chi connectivity index (χ2v) is 4.64. The van der Waals surface area contributed by atoms with Gasteiger partial charge in [0, 0.05) is 5.56 Å². The summed E-state index contributed by atoms with van der Waals surface area (Å²) >= 11 is 1.11. The smallest absolute Gasteiger partial charge is 0.165 e. The third-order valence-corrected chi connectivity index (χ3v) is 3.20. The van der Waals surface area contributed by atoms with E-state index in [2.05, 4.69) is 34.7 Å². The normalized spacial score (nSPS) is 10.8. The van der Waals surface area contributed by atoms with Crippen LogP contribution in [0.1, 0.15) is 25.3 Å². The lowest BCUT2D eigenvalue weighted by atomic mass is 9.99. The Morgan fingerprint density at radius 1 is 1.29 bits per heavy atom.